The fourth-order valence-electron chi connectivity index (χ4n) is 4.68. The van der Waals surface area contributed by atoms with Gasteiger partial charge in [0.1, 0.15) is 6.17 Å². The first-order valence-corrected chi connectivity index (χ1v) is 11.8. The van der Waals surface area contributed by atoms with Gasteiger partial charge in [0.25, 0.3) is 11.8 Å². The third-order valence-electron chi connectivity index (χ3n) is 6.47. The van der Waals surface area contributed by atoms with E-state index in [0.29, 0.717) is 11.1 Å². The van der Waals surface area contributed by atoms with E-state index in [1.165, 1.54) is 0 Å². The minimum absolute atomic E-state index is 0.0650. The molecule has 1 fully saturated rings. The number of anilines is 1. The van der Waals surface area contributed by atoms with Crippen LogP contribution >= 0.6 is 0 Å². The number of benzene rings is 3. The Balaban J connectivity index is 1.73. The van der Waals surface area contributed by atoms with Gasteiger partial charge in [0.05, 0.1) is 5.69 Å². The van der Waals surface area contributed by atoms with Gasteiger partial charge in [-0.1, -0.05) is 61.5 Å². The van der Waals surface area contributed by atoms with Gasteiger partial charge >= 0.3 is 0 Å². The Labute approximate surface area is 201 Å². The van der Waals surface area contributed by atoms with Crippen molar-refractivity contribution in [2.75, 3.05) is 25.6 Å². The van der Waals surface area contributed by atoms with E-state index in [0.717, 1.165) is 25.1 Å². The zero-order chi connectivity index (χ0) is 24.1. The van der Waals surface area contributed by atoms with Crippen molar-refractivity contribution in [1.82, 2.24) is 15.0 Å². The maximum absolute atomic E-state index is 13.5. The van der Waals surface area contributed by atoms with E-state index in [1.807, 2.05) is 103 Å². The fraction of sp³-hybridized carbons (Fsp3) is 0.286. The highest BCUT2D eigenvalue weighted by Crippen LogP contribution is 2.32. The molecule has 6 heteroatoms. The summed E-state index contributed by atoms with van der Waals surface area (Å²) in [6.45, 7) is 2.91. The van der Waals surface area contributed by atoms with E-state index in [1.54, 1.807) is 17.1 Å². The Kier molecular flexibility index (Phi) is 7.28. The predicted molar refractivity (Wildman–Crippen MR) is 135 cm³/mol. The van der Waals surface area contributed by atoms with Crippen LogP contribution in [-0.2, 0) is 0 Å². The van der Waals surface area contributed by atoms with Gasteiger partial charge in [-0.15, -0.1) is 0 Å². The monoisotopic (exact) mass is 456 g/mol. The Bertz CT molecular complexity index is 1090. The molecule has 0 N–H and O–H groups in total. The first-order valence-electron chi connectivity index (χ1n) is 11.8. The van der Waals surface area contributed by atoms with Crippen molar-refractivity contribution in [2.45, 2.75) is 25.9 Å². The van der Waals surface area contributed by atoms with E-state index in [-0.39, 0.29) is 23.9 Å². The average molecular weight is 457 g/mol. The van der Waals surface area contributed by atoms with Gasteiger partial charge in [-0.25, -0.2) is 0 Å². The molecule has 2 atom stereocenters. The van der Waals surface area contributed by atoms with Crippen molar-refractivity contribution >= 4 is 17.5 Å². The van der Waals surface area contributed by atoms with Crippen molar-refractivity contribution in [3.8, 4) is 0 Å². The Morgan fingerprint density at radius 3 is 1.82 bits per heavy atom. The van der Waals surface area contributed by atoms with E-state index in [9.17, 15) is 9.59 Å². The lowest BCUT2D eigenvalue weighted by Crippen LogP contribution is -2.65. The number of piperidine rings is 1. The van der Waals surface area contributed by atoms with E-state index in [4.69, 9.17) is 0 Å². The van der Waals surface area contributed by atoms with Crippen LogP contribution in [0.2, 0.25) is 0 Å². The van der Waals surface area contributed by atoms with E-state index in [2.05, 4.69) is 11.9 Å². The molecule has 0 saturated carbocycles. The maximum atomic E-state index is 13.5. The third kappa shape index (κ3) is 4.82. The Hall–Kier alpha value is -3.64. The van der Waals surface area contributed by atoms with Crippen LogP contribution in [-0.4, -0.2) is 53.6 Å². The predicted octanol–water partition coefficient (Wildman–Crippen LogP) is 4.93. The highest BCUT2D eigenvalue weighted by Gasteiger charge is 2.40. The van der Waals surface area contributed by atoms with Crippen molar-refractivity contribution in [2.24, 2.45) is 5.92 Å². The summed E-state index contributed by atoms with van der Waals surface area (Å²) in [7, 11) is 3.63. The van der Waals surface area contributed by atoms with Gasteiger partial charge in [-0.2, -0.15) is 5.01 Å². The zero-order valence-corrected chi connectivity index (χ0v) is 20.0. The molecule has 4 rings (SSSR count). The molecule has 0 radical (unpaired) electrons. The largest absolute Gasteiger partial charge is 0.272 e. The Morgan fingerprint density at radius 1 is 0.765 bits per heavy atom. The summed E-state index contributed by atoms with van der Waals surface area (Å²) in [6.07, 6.45) is 1.76. The van der Waals surface area contributed by atoms with Crippen molar-refractivity contribution < 1.29 is 9.59 Å². The van der Waals surface area contributed by atoms with Crippen LogP contribution in [0.5, 0.6) is 0 Å². The number of hydrazine groups is 2. The van der Waals surface area contributed by atoms with Crippen LogP contribution in [0.25, 0.3) is 0 Å². The maximum Gasteiger partial charge on any atom is 0.272 e. The zero-order valence-electron chi connectivity index (χ0n) is 20.0. The molecule has 1 aliphatic heterocycles. The average Bonchev–Trinajstić information content (AvgIpc) is 2.90. The summed E-state index contributed by atoms with van der Waals surface area (Å²) in [5.41, 5.74) is 2.16. The molecule has 1 heterocycles. The third-order valence-corrected chi connectivity index (χ3v) is 6.47. The Morgan fingerprint density at radius 2 is 1.26 bits per heavy atom. The minimum Gasteiger partial charge on any atom is -0.272 e. The van der Waals surface area contributed by atoms with Gasteiger partial charge in [0, 0.05) is 31.8 Å². The second-order valence-corrected chi connectivity index (χ2v) is 8.77. The molecule has 0 unspecified atom stereocenters. The molecule has 34 heavy (non-hydrogen) atoms. The number of carbonyl (C=O) groups is 2. The number of rotatable bonds is 6. The molecule has 1 saturated heterocycles. The summed E-state index contributed by atoms with van der Waals surface area (Å²) in [5.74, 6) is 0.0509. The van der Waals surface area contributed by atoms with Crippen LogP contribution in [0, 0.1) is 5.92 Å². The lowest BCUT2D eigenvalue weighted by Gasteiger charge is -2.51. The molecule has 176 valence electrons. The van der Waals surface area contributed by atoms with Gasteiger partial charge in [-0.3, -0.25) is 24.6 Å². The minimum atomic E-state index is -0.216. The normalized spacial score (nSPS) is 18.2. The second-order valence-electron chi connectivity index (χ2n) is 8.77. The van der Waals surface area contributed by atoms with Crippen LogP contribution in [0.1, 0.15) is 40.5 Å². The molecular weight excluding hydrogens is 424 g/mol. The molecule has 0 spiro atoms. The van der Waals surface area contributed by atoms with Gasteiger partial charge < -0.3 is 0 Å². The molecule has 0 aliphatic carbocycles. The molecule has 1 aliphatic rings. The topological polar surface area (TPSA) is 47.1 Å². The van der Waals surface area contributed by atoms with Crippen molar-refractivity contribution in [3.63, 3.8) is 0 Å². The molecular formula is C28H32N4O2. The first kappa shape index (κ1) is 23.5. The number of carbonyl (C=O) groups excluding carboxylic acids is 2. The molecule has 0 aromatic heterocycles. The van der Waals surface area contributed by atoms with Gasteiger partial charge in [0.2, 0.25) is 0 Å². The van der Waals surface area contributed by atoms with Crippen LogP contribution in [0.4, 0.5) is 5.69 Å². The summed E-state index contributed by atoms with van der Waals surface area (Å²) in [6, 6.07) is 28.6. The lowest BCUT2D eigenvalue weighted by molar-refractivity contribution is -0.0688. The van der Waals surface area contributed by atoms with Crippen LogP contribution in [0.3, 0.4) is 0 Å². The first-order chi connectivity index (χ1) is 16.5. The standard InChI is InChI=1S/C28H32N4O2/c1-22-14-13-21-31(29(2)27(33)23-15-7-4-8-16-23)26(22)32(25-19-11-6-12-20-25)30(3)28(34)24-17-9-5-10-18-24/h4-12,15-20,22,26H,13-14,21H2,1-3H3/t22-,26-/m1/s1. The summed E-state index contributed by atoms with van der Waals surface area (Å²) in [4.78, 5) is 26.9. The molecule has 3 aromatic carbocycles. The summed E-state index contributed by atoms with van der Waals surface area (Å²) >= 11 is 0. The van der Waals surface area contributed by atoms with Crippen LogP contribution < -0.4 is 5.01 Å². The molecule has 2 amide bonds. The van der Waals surface area contributed by atoms with Crippen molar-refractivity contribution in [3.05, 3.63) is 102 Å². The summed E-state index contributed by atoms with van der Waals surface area (Å²) < 4.78 is 0. The number of para-hydroxylation sites is 1. The highest BCUT2D eigenvalue weighted by atomic mass is 16.2. The smallest absolute Gasteiger partial charge is 0.272 e. The molecule has 3 aromatic rings. The van der Waals surface area contributed by atoms with E-state index < -0.39 is 0 Å². The highest BCUT2D eigenvalue weighted by molar-refractivity contribution is 5.95. The SMILES string of the molecule is C[C@@H]1CCCN(N(C)C(=O)c2ccccc2)[C@@H]1N(c1ccccc1)N(C)C(=O)c1ccccc1. The number of hydrogen-bond acceptors (Lipinski definition) is 4. The van der Waals surface area contributed by atoms with Gasteiger partial charge in [0.15, 0.2) is 0 Å². The van der Waals surface area contributed by atoms with Crippen molar-refractivity contribution in [1.29, 1.82) is 0 Å². The number of nitrogens with zero attached hydrogens (tertiary/aromatic N) is 4. The van der Waals surface area contributed by atoms with Crippen LogP contribution in [0.15, 0.2) is 91.0 Å². The summed E-state index contributed by atoms with van der Waals surface area (Å²) in [5, 5.41) is 7.54. The number of amides is 2. The van der Waals surface area contributed by atoms with E-state index >= 15 is 0 Å². The fourth-order valence-corrected chi connectivity index (χ4v) is 4.68. The molecule has 6 nitrogen and oxygen atoms in total. The second kappa shape index (κ2) is 10.5. The van der Waals surface area contributed by atoms with Gasteiger partial charge in [-0.05, 0) is 55.2 Å². The lowest BCUT2D eigenvalue weighted by atomic mass is 9.96. The number of hydrogen-bond donors (Lipinski definition) is 0. The molecule has 0 bridgehead atoms. The quantitative estimate of drug-likeness (QED) is 0.494.